The summed E-state index contributed by atoms with van der Waals surface area (Å²) in [4.78, 5) is 40.3. The lowest BCUT2D eigenvalue weighted by Crippen LogP contribution is -2.43. The normalized spacial score (nSPS) is 26.2. The van der Waals surface area contributed by atoms with Crippen molar-refractivity contribution in [1.29, 1.82) is 0 Å². The molecule has 0 unspecified atom stereocenters. The van der Waals surface area contributed by atoms with Crippen LogP contribution in [0.1, 0.15) is 29.6 Å². The molecular formula is C21H27N3O5. The summed E-state index contributed by atoms with van der Waals surface area (Å²) in [7, 11) is 0. The zero-order chi connectivity index (χ0) is 20.6. The average Bonchev–Trinajstić information content (AvgIpc) is 3.19. The Morgan fingerprint density at radius 3 is 2.45 bits per heavy atom. The van der Waals surface area contributed by atoms with Gasteiger partial charge in [-0.15, -0.1) is 0 Å². The van der Waals surface area contributed by atoms with Crippen molar-refractivity contribution in [1.82, 2.24) is 9.80 Å². The second kappa shape index (κ2) is 7.67. The molecule has 3 fully saturated rings. The molecule has 2 aliphatic heterocycles. The van der Waals surface area contributed by atoms with Crippen LogP contribution in [0.2, 0.25) is 0 Å². The number of carbonyl (C=O) groups excluding carboxylic acids is 3. The molecule has 2 atom stereocenters. The van der Waals surface area contributed by atoms with Gasteiger partial charge in [0.25, 0.3) is 11.8 Å². The van der Waals surface area contributed by atoms with Crippen molar-refractivity contribution in [3.05, 3.63) is 29.8 Å². The van der Waals surface area contributed by atoms with Crippen LogP contribution in [-0.4, -0.2) is 72.0 Å². The predicted octanol–water partition coefficient (Wildman–Crippen LogP) is 0.244. The fourth-order valence-electron chi connectivity index (χ4n) is 4.70. The third-order valence-electron chi connectivity index (χ3n) is 6.70. The Morgan fingerprint density at radius 2 is 1.83 bits per heavy atom. The molecule has 156 valence electrons. The number of primary amides is 1. The first-order valence-corrected chi connectivity index (χ1v) is 10.1. The highest BCUT2D eigenvalue weighted by Crippen LogP contribution is 2.43. The van der Waals surface area contributed by atoms with Gasteiger partial charge in [-0.2, -0.15) is 0 Å². The van der Waals surface area contributed by atoms with Crippen LogP contribution in [0.15, 0.2) is 24.3 Å². The third kappa shape index (κ3) is 3.57. The maximum atomic E-state index is 12.7. The summed E-state index contributed by atoms with van der Waals surface area (Å²) < 4.78 is 5.56. The van der Waals surface area contributed by atoms with E-state index in [-0.39, 0.29) is 48.2 Å². The Kier molecular flexibility index (Phi) is 5.21. The van der Waals surface area contributed by atoms with E-state index in [1.807, 2.05) is 4.90 Å². The van der Waals surface area contributed by atoms with Crippen molar-refractivity contribution in [3.63, 3.8) is 0 Å². The van der Waals surface area contributed by atoms with Crippen molar-refractivity contribution in [2.75, 3.05) is 39.4 Å². The van der Waals surface area contributed by atoms with Crippen molar-refractivity contribution in [2.24, 2.45) is 23.0 Å². The van der Waals surface area contributed by atoms with E-state index < -0.39 is 11.3 Å². The van der Waals surface area contributed by atoms with Gasteiger partial charge in [0.1, 0.15) is 5.75 Å². The Hall–Kier alpha value is -2.61. The van der Waals surface area contributed by atoms with Crippen LogP contribution in [0.5, 0.6) is 5.75 Å². The van der Waals surface area contributed by atoms with E-state index in [1.165, 1.54) is 0 Å². The van der Waals surface area contributed by atoms with Gasteiger partial charge in [0.05, 0.1) is 12.2 Å². The number of carbonyl (C=O) groups is 3. The lowest BCUT2D eigenvalue weighted by molar-refractivity contribution is -0.138. The number of fused-ring (bicyclic) bond motifs is 1. The molecule has 2 saturated heterocycles. The van der Waals surface area contributed by atoms with Gasteiger partial charge in [-0.3, -0.25) is 14.4 Å². The van der Waals surface area contributed by atoms with Crippen LogP contribution in [0.4, 0.5) is 0 Å². The van der Waals surface area contributed by atoms with Crippen LogP contribution in [-0.2, 0) is 9.59 Å². The van der Waals surface area contributed by atoms with Gasteiger partial charge in [-0.25, -0.2) is 0 Å². The maximum Gasteiger partial charge on any atom is 0.260 e. The third-order valence-corrected chi connectivity index (χ3v) is 6.70. The smallest absolute Gasteiger partial charge is 0.260 e. The Bertz CT molecular complexity index is 824. The molecular weight excluding hydrogens is 374 g/mol. The summed E-state index contributed by atoms with van der Waals surface area (Å²) in [6.45, 7) is 1.73. The molecule has 1 saturated carbocycles. The first-order valence-electron chi connectivity index (χ1n) is 10.1. The molecule has 4 rings (SSSR count). The number of nitrogens with two attached hydrogens (primary N) is 1. The van der Waals surface area contributed by atoms with E-state index in [0.29, 0.717) is 26.2 Å². The molecule has 1 aliphatic carbocycles. The summed E-state index contributed by atoms with van der Waals surface area (Å²) in [5.74, 6) is -0.133. The minimum Gasteiger partial charge on any atom is -0.483 e. The molecule has 1 aromatic carbocycles. The van der Waals surface area contributed by atoms with Gasteiger partial charge in [0.15, 0.2) is 6.61 Å². The van der Waals surface area contributed by atoms with E-state index in [0.717, 1.165) is 19.3 Å². The minimum absolute atomic E-state index is 0.0543. The SMILES string of the molecule is NC(=O)c1ccccc1OCC(=O)N1C[C@H]2CN(C(=O)C3CCC3)C[C@@]2(CO)C1. The van der Waals surface area contributed by atoms with E-state index in [2.05, 4.69) is 0 Å². The zero-order valence-electron chi connectivity index (χ0n) is 16.4. The Balaban J connectivity index is 1.36. The van der Waals surface area contributed by atoms with Gasteiger partial charge in [0, 0.05) is 43.4 Å². The van der Waals surface area contributed by atoms with Crippen molar-refractivity contribution in [3.8, 4) is 5.75 Å². The summed E-state index contributed by atoms with van der Waals surface area (Å²) in [5, 5.41) is 10.1. The number of nitrogens with zero attached hydrogens (tertiary/aromatic N) is 2. The maximum absolute atomic E-state index is 12.7. The van der Waals surface area contributed by atoms with Crippen LogP contribution in [0.25, 0.3) is 0 Å². The van der Waals surface area contributed by atoms with Gasteiger partial charge < -0.3 is 25.4 Å². The quantitative estimate of drug-likeness (QED) is 0.709. The van der Waals surface area contributed by atoms with Crippen LogP contribution in [0.3, 0.4) is 0 Å². The summed E-state index contributed by atoms with van der Waals surface area (Å²) in [6.07, 6.45) is 3.03. The molecule has 3 N–H and O–H groups in total. The van der Waals surface area contributed by atoms with Gasteiger partial charge >= 0.3 is 0 Å². The highest BCUT2D eigenvalue weighted by molar-refractivity contribution is 5.95. The van der Waals surface area contributed by atoms with Gasteiger partial charge in [0.2, 0.25) is 5.91 Å². The molecule has 8 heteroatoms. The Morgan fingerprint density at radius 1 is 1.14 bits per heavy atom. The van der Waals surface area contributed by atoms with E-state index >= 15 is 0 Å². The molecule has 2 heterocycles. The number of likely N-dealkylation sites (tertiary alicyclic amines) is 2. The highest BCUT2D eigenvalue weighted by atomic mass is 16.5. The average molecular weight is 401 g/mol. The van der Waals surface area contributed by atoms with Gasteiger partial charge in [-0.05, 0) is 25.0 Å². The topological polar surface area (TPSA) is 113 Å². The molecule has 0 spiro atoms. The number of para-hydroxylation sites is 1. The van der Waals surface area contributed by atoms with E-state index in [9.17, 15) is 19.5 Å². The van der Waals surface area contributed by atoms with E-state index in [4.69, 9.17) is 10.5 Å². The van der Waals surface area contributed by atoms with Crippen molar-refractivity contribution < 1.29 is 24.2 Å². The molecule has 1 aromatic rings. The summed E-state index contributed by atoms with van der Waals surface area (Å²) in [5.41, 5.74) is 5.11. The number of ether oxygens (including phenoxy) is 1. The number of hydrogen-bond donors (Lipinski definition) is 2. The first-order chi connectivity index (χ1) is 13.9. The van der Waals surface area contributed by atoms with Crippen molar-refractivity contribution in [2.45, 2.75) is 19.3 Å². The summed E-state index contributed by atoms with van der Waals surface area (Å²) in [6, 6.07) is 6.54. The largest absolute Gasteiger partial charge is 0.483 e. The molecule has 3 aliphatic rings. The monoisotopic (exact) mass is 401 g/mol. The van der Waals surface area contributed by atoms with Crippen LogP contribution in [0, 0.1) is 17.3 Å². The molecule has 0 bridgehead atoms. The molecule has 0 radical (unpaired) electrons. The van der Waals surface area contributed by atoms with Crippen LogP contribution >= 0.6 is 0 Å². The molecule has 3 amide bonds. The zero-order valence-corrected chi connectivity index (χ0v) is 16.4. The lowest BCUT2D eigenvalue weighted by atomic mass is 9.82. The number of benzene rings is 1. The summed E-state index contributed by atoms with van der Waals surface area (Å²) >= 11 is 0. The van der Waals surface area contributed by atoms with Crippen molar-refractivity contribution >= 4 is 17.7 Å². The fourth-order valence-corrected chi connectivity index (χ4v) is 4.70. The molecule has 29 heavy (non-hydrogen) atoms. The van der Waals surface area contributed by atoms with E-state index in [1.54, 1.807) is 29.2 Å². The number of rotatable bonds is 6. The fraction of sp³-hybridized carbons (Fsp3) is 0.571. The second-order valence-corrected chi connectivity index (χ2v) is 8.49. The molecule has 8 nitrogen and oxygen atoms in total. The lowest BCUT2D eigenvalue weighted by Gasteiger charge is -2.31. The number of hydrogen-bond acceptors (Lipinski definition) is 5. The number of amides is 3. The van der Waals surface area contributed by atoms with Crippen LogP contribution < -0.4 is 10.5 Å². The van der Waals surface area contributed by atoms with Gasteiger partial charge in [-0.1, -0.05) is 18.6 Å². The number of aliphatic hydroxyl groups is 1. The highest BCUT2D eigenvalue weighted by Gasteiger charge is 2.54. The standard InChI is InChI=1S/C21H27N3O5/c22-19(27)16-6-1-2-7-17(16)29-10-18(26)23-8-15-9-24(12-21(15,11-23)13-25)20(28)14-4-3-5-14/h1-2,6-7,14-15,25H,3-5,8-13H2,(H2,22,27)/t15-,21+/m0/s1. The minimum atomic E-state index is -0.612. The second-order valence-electron chi connectivity index (χ2n) is 8.49. The number of aliphatic hydroxyl groups excluding tert-OH is 1. The first kappa shape index (κ1) is 19.7. The predicted molar refractivity (Wildman–Crippen MR) is 104 cm³/mol. The Labute approximate surface area is 169 Å². The molecule has 0 aromatic heterocycles.